The third kappa shape index (κ3) is 7.39. The highest BCUT2D eigenvalue weighted by molar-refractivity contribution is 5.76. The Morgan fingerprint density at radius 3 is 2.55 bits per heavy atom. The minimum absolute atomic E-state index is 0.0135. The van der Waals surface area contributed by atoms with Crippen molar-refractivity contribution < 1.29 is 34.8 Å². The molecule has 0 aromatic heterocycles. The molecule has 2 rings (SSSR count). The molecule has 0 heterocycles. The predicted molar refractivity (Wildman–Crippen MR) is 125 cm³/mol. The number of hydrogen-bond donors (Lipinski definition) is 4. The summed E-state index contributed by atoms with van der Waals surface area (Å²) >= 11 is 0. The fourth-order valence-electron chi connectivity index (χ4n) is 5.34. The van der Waals surface area contributed by atoms with Gasteiger partial charge in [0.2, 0.25) is 0 Å². The van der Waals surface area contributed by atoms with E-state index < -0.39 is 35.8 Å². The maximum atomic E-state index is 13.1. The van der Waals surface area contributed by atoms with Gasteiger partial charge in [-0.2, -0.15) is 0 Å². The highest BCUT2D eigenvalue weighted by Crippen LogP contribution is 2.44. The van der Waals surface area contributed by atoms with Crippen molar-refractivity contribution in [1.82, 2.24) is 0 Å². The first-order valence-electron chi connectivity index (χ1n) is 12.4. The standard InChI is InChI=1S/C26H42O7/c1-5-11-26(4,6-2)25(32)33-22-14-19(28)12-17-8-7-16(3)21(24(17)22)10-9-18(27)13-20(29)15-23(30)31/h7-8,12,16,18-22,24,27-29H,5-6,9-11,13-15H2,1-4H3,(H,30,31)/t16-,18+,19+,20+,21-,22-,24-,26-/m0/s1. The Labute approximate surface area is 197 Å². The number of aliphatic carboxylic acids is 1. The van der Waals surface area contributed by atoms with Gasteiger partial charge >= 0.3 is 11.9 Å². The Balaban J connectivity index is 2.15. The van der Waals surface area contributed by atoms with Gasteiger partial charge in [0.15, 0.2) is 0 Å². The van der Waals surface area contributed by atoms with Crippen molar-refractivity contribution in [3.63, 3.8) is 0 Å². The Morgan fingerprint density at radius 2 is 1.94 bits per heavy atom. The third-order valence-electron chi connectivity index (χ3n) is 7.49. The summed E-state index contributed by atoms with van der Waals surface area (Å²) in [5.41, 5.74) is 0.409. The molecule has 0 radical (unpaired) electrons. The molecule has 4 N–H and O–H groups in total. The molecule has 0 unspecified atom stereocenters. The largest absolute Gasteiger partial charge is 0.481 e. The van der Waals surface area contributed by atoms with Gasteiger partial charge in [-0.15, -0.1) is 0 Å². The van der Waals surface area contributed by atoms with Crippen molar-refractivity contribution >= 4 is 11.9 Å². The van der Waals surface area contributed by atoms with Crippen LogP contribution in [-0.4, -0.2) is 56.8 Å². The lowest BCUT2D eigenvalue weighted by molar-refractivity contribution is -0.167. The van der Waals surface area contributed by atoms with Crippen molar-refractivity contribution in [3.8, 4) is 0 Å². The lowest BCUT2D eigenvalue weighted by Crippen LogP contribution is -2.44. The van der Waals surface area contributed by atoms with Crippen LogP contribution in [0, 0.1) is 23.2 Å². The molecule has 0 saturated heterocycles. The van der Waals surface area contributed by atoms with Crippen LogP contribution in [0.1, 0.15) is 79.1 Å². The van der Waals surface area contributed by atoms with Gasteiger partial charge in [-0.1, -0.05) is 45.4 Å². The summed E-state index contributed by atoms with van der Waals surface area (Å²) in [6.07, 6.45) is 6.25. The number of carboxylic acids is 1. The van der Waals surface area contributed by atoms with Gasteiger partial charge in [-0.3, -0.25) is 9.59 Å². The van der Waals surface area contributed by atoms with Crippen LogP contribution in [0.3, 0.4) is 0 Å². The number of hydrogen-bond acceptors (Lipinski definition) is 6. The first kappa shape index (κ1) is 27.5. The molecule has 0 spiro atoms. The summed E-state index contributed by atoms with van der Waals surface area (Å²) in [7, 11) is 0. The quantitative estimate of drug-likeness (QED) is 0.324. The molecule has 7 heteroatoms. The topological polar surface area (TPSA) is 124 Å². The molecule has 0 amide bonds. The number of allylic oxidation sites excluding steroid dienone is 2. The summed E-state index contributed by atoms with van der Waals surface area (Å²) in [5.74, 6) is -1.10. The average Bonchev–Trinajstić information content (AvgIpc) is 2.72. The first-order chi connectivity index (χ1) is 15.5. The molecule has 0 fully saturated rings. The minimum Gasteiger partial charge on any atom is -0.481 e. The third-order valence-corrected chi connectivity index (χ3v) is 7.49. The number of fused-ring (bicyclic) bond motifs is 1. The first-order valence-corrected chi connectivity index (χ1v) is 12.4. The van der Waals surface area contributed by atoms with E-state index in [0.717, 1.165) is 18.4 Å². The molecule has 0 aromatic carbocycles. The maximum absolute atomic E-state index is 13.1. The number of aliphatic hydroxyl groups is 3. The summed E-state index contributed by atoms with van der Waals surface area (Å²) in [4.78, 5) is 23.9. The van der Waals surface area contributed by atoms with Crippen LogP contribution in [0.2, 0.25) is 0 Å². The summed E-state index contributed by atoms with van der Waals surface area (Å²) in [6, 6.07) is 0. The van der Waals surface area contributed by atoms with E-state index in [1.165, 1.54) is 0 Å². The fourth-order valence-corrected chi connectivity index (χ4v) is 5.34. The normalized spacial score (nSPS) is 30.5. The van der Waals surface area contributed by atoms with E-state index in [0.29, 0.717) is 25.7 Å². The van der Waals surface area contributed by atoms with Crippen molar-refractivity contribution in [2.75, 3.05) is 0 Å². The van der Waals surface area contributed by atoms with Crippen molar-refractivity contribution in [2.45, 2.75) is 103 Å². The Hall–Kier alpha value is -1.70. The fraction of sp³-hybridized carbons (Fsp3) is 0.769. The zero-order valence-corrected chi connectivity index (χ0v) is 20.4. The lowest BCUT2D eigenvalue weighted by Gasteiger charge is -2.43. The number of esters is 1. The molecule has 0 aromatic rings. The van der Waals surface area contributed by atoms with E-state index in [1.807, 2.05) is 26.0 Å². The second kappa shape index (κ2) is 12.1. The van der Waals surface area contributed by atoms with E-state index in [-0.39, 0.29) is 36.6 Å². The van der Waals surface area contributed by atoms with Crippen molar-refractivity contribution in [3.05, 3.63) is 23.8 Å². The monoisotopic (exact) mass is 466 g/mol. The molecular formula is C26H42O7. The zero-order chi connectivity index (χ0) is 24.8. The number of aliphatic hydroxyl groups excluding tert-OH is 3. The number of carboxylic acid groups (broad SMARTS) is 1. The number of carbonyl (C=O) groups excluding carboxylic acids is 1. The highest BCUT2D eigenvalue weighted by Gasteiger charge is 2.44. The molecule has 33 heavy (non-hydrogen) atoms. The van der Waals surface area contributed by atoms with Crippen LogP contribution in [0.5, 0.6) is 0 Å². The van der Waals surface area contributed by atoms with Crippen LogP contribution in [-0.2, 0) is 14.3 Å². The molecule has 188 valence electrons. The minimum atomic E-state index is -1.09. The van der Waals surface area contributed by atoms with E-state index in [2.05, 4.69) is 19.9 Å². The zero-order valence-electron chi connectivity index (χ0n) is 20.4. The number of rotatable bonds is 12. The molecular weight excluding hydrogens is 424 g/mol. The average molecular weight is 467 g/mol. The Morgan fingerprint density at radius 1 is 1.24 bits per heavy atom. The Bertz CT molecular complexity index is 730. The molecule has 0 aliphatic heterocycles. The molecule has 8 atom stereocenters. The Kier molecular flexibility index (Phi) is 10.1. The van der Waals surface area contributed by atoms with Gasteiger partial charge in [0.1, 0.15) is 6.10 Å². The number of ether oxygens (including phenoxy) is 1. The van der Waals surface area contributed by atoms with Gasteiger partial charge in [0, 0.05) is 12.3 Å². The maximum Gasteiger partial charge on any atom is 0.312 e. The number of carbonyl (C=O) groups is 2. The van der Waals surface area contributed by atoms with E-state index >= 15 is 0 Å². The summed E-state index contributed by atoms with van der Waals surface area (Å²) in [6.45, 7) is 8.08. The van der Waals surface area contributed by atoms with Gasteiger partial charge in [-0.05, 0) is 56.4 Å². The van der Waals surface area contributed by atoms with E-state index in [4.69, 9.17) is 9.84 Å². The van der Waals surface area contributed by atoms with Crippen LogP contribution in [0.15, 0.2) is 23.8 Å². The second-order valence-corrected chi connectivity index (χ2v) is 10.2. The lowest BCUT2D eigenvalue weighted by atomic mass is 9.66. The van der Waals surface area contributed by atoms with E-state index in [1.54, 1.807) is 0 Å². The van der Waals surface area contributed by atoms with Gasteiger partial charge in [0.25, 0.3) is 0 Å². The van der Waals surface area contributed by atoms with Crippen molar-refractivity contribution in [1.29, 1.82) is 0 Å². The molecule has 7 nitrogen and oxygen atoms in total. The van der Waals surface area contributed by atoms with Gasteiger partial charge in [-0.25, -0.2) is 0 Å². The van der Waals surface area contributed by atoms with Crippen LogP contribution >= 0.6 is 0 Å². The summed E-state index contributed by atoms with van der Waals surface area (Å²) < 4.78 is 6.09. The van der Waals surface area contributed by atoms with Crippen LogP contribution in [0.4, 0.5) is 0 Å². The van der Waals surface area contributed by atoms with Crippen molar-refractivity contribution in [2.24, 2.45) is 23.2 Å². The summed E-state index contributed by atoms with van der Waals surface area (Å²) in [5, 5.41) is 39.4. The smallest absolute Gasteiger partial charge is 0.312 e. The van der Waals surface area contributed by atoms with Gasteiger partial charge in [0.05, 0.1) is 30.1 Å². The molecule has 2 aliphatic carbocycles. The molecule has 0 bridgehead atoms. The highest BCUT2D eigenvalue weighted by atomic mass is 16.5. The van der Waals surface area contributed by atoms with Crippen LogP contribution < -0.4 is 0 Å². The van der Waals surface area contributed by atoms with Crippen LogP contribution in [0.25, 0.3) is 0 Å². The molecule has 2 aliphatic rings. The predicted octanol–water partition coefficient (Wildman–Crippen LogP) is 3.61. The van der Waals surface area contributed by atoms with E-state index in [9.17, 15) is 24.9 Å². The van der Waals surface area contributed by atoms with Gasteiger partial charge < -0.3 is 25.2 Å². The SMILES string of the molecule is CCC[C@](C)(CC)C(=O)O[C@H]1C[C@H](O)C=C2C=C[C@H](C)[C@H](CC[C@@H](O)C[C@@H](O)CC(=O)O)[C@H]21. The second-order valence-electron chi connectivity index (χ2n) is 10.2. The molecule has 0 saturated carbocycles.